The average molecular weight is 1120 g/mol. The van der Waals surface area contributed by atoms with Crippen molar-refractivity contribution in [3.63, 3.8) is 0 Å². The summed E-state index contributed by atoms with van der Waals surface area (Å²) in [6, 6.07) is 0. The van der Waals surface area contributed by atoms with E-state index < -0.39 is 79.7 Å². The number of ether oxygens (including phenoxy) is 6. The van der Waals surface area contributed by atoms with Crippen LogP contribution in [0.4, 0.5) is 0 Å². The Morgan fingerprint density at radius 2 is 1.18 bits per heavy atom. The maximum absolute atomic E-state index is 16.3. The second kappa shape index (κ2) is 23.0. The Labute approximate surface area is 479 Å². The van der Waals surface area contributed by atoms with Crippen LogP contribution in [0.3, 0.4) is 0 Å². The van der Waals surface area contributed by atoms with E-state index >= 15 is 9.59 Å². The SMILES string of the molecule is C.C.C.C.C.C.C.C.CC1C(=O)OC(=O)C1C(C)(C)C(C)(CC(C)(C)C(C)(CC(C)(C)C1C(C)C2CC1C1COC(=O)C21)C(=O)OC12CC3CC(C1)CC(C(=O)OC1CCCCO1)(C3)C2)C(=O)OC12CC3CC(C1)C(=O)C(C3)C2. The molecule has 3 aliphatic heterocycles. The van der Waals surface area contributed by atoms with Crippen molar-refractivity contribution in [2.75, 3.05) is 13.2 Å². The first-order valence-electron chi connectivity index (χ1n) is 27.9. The minimum atomic E-state index is -1.47. The van der Waals surface area contributed by atoms with Crippen LogP contribution in [0.1, 0.15) is 238 Å². The van der Waals surface area contributed by atoms with E-state index in [0.717, 1.165) is 38.5 Å². The Balaban J connectivity index is 0.00000205. The first kappa shape index (κ1) is 69.9. The van der Waals surface area contributed by atoms with Gasteiger partial charge in [0.05, 0.1) is 47.2 Å². The summed E-state index contributed by atoms with van der Waals surface area (Å²) in [6.45, 7) is 21.2. The Hall–Kier alpha value is -3.35. The molecular weight excluding hydrogens is 1000 g/mol. The Kier molecular flexibility index (Phi) is 20.4. The maximum atomic E-state index is 16.3. The van der Waals surface area contributed by atoms with Gasteiger partial charge in [-0.2, -0.15) is 0 Å². The van der Waals surface area contributed by atoms with Gasteiger partial charge in [0, 0.05) is 30.6 Å². The lowest BCUT2D eigenvalue weighted by Gasteiger charge is -2.61. The Bertz CT molecular complexity index is 2260. The molecule has 13 rings (SSSR count). The third-order valence-electron chi connectivity index (χ3n) is 23.2. The molecule has 0 aromatic carbocycles. The third kappa shape index (κ3) is 10.6. The van der Waals surface area contributed by atoms with E-state index in [1.54, 1.807) is 6.92 Å². The van der Waals surface area contributed by atoms with Gasteiger partial charge in [0.1, 0.15) is 17.0 Å². The summed E-state index contributed by atoms with van der Waals surface area (Å²) in [5.41, 5.74) is -7.94. The highest BCUT2D eigenvalue weighted by atomic mass is 16.7. The summed E-state index contributed by atoms with van der Waals surface area (Å²) < 4.78 is 37.3. The van der Waals surface area contributed by atoms with E-state index in [2.05, 4.69) is 34.6 Å². The fourth-order valence-electron chi connectivity index (χ4n) is 20.1. The van der Waals surface area contributed by atoms with Gasteiger partial charge in [0.15, 0.2) is 0 Å². The minimum absolute atomic E-state index is 0. The first-order chi connectivity index (χ1) is 33.1. The van der Waals surface area contributed by atoms with Crippen molar-refractivity contribution in [2.45, 2.75) is 255 Å². The topological polar surface area (TPSA) is 175 Å². The molecule has 3 heterocycles. The number of cyclic esters (lactones) is 3. The molecule has 13 aliphatic rings. The van der Waals surface area contributed by atoms with Crippen LogP contribution in [0, 0.1) is 109 Å². The minimum Gasteiger partial charge on any atom is -0.465 e. The molecule has 0 radical (unpaired) electrons. The fourth-order valence-corrected chi connectivity index (χ4v) is 20.1. The molecule has 0 spiro atoms. The van der Waals surface area contributed by atoms with Crippen molar-refractivity contribution >= 4 is 41.6 Å². The number of hydrogen-bond acceptors (Lipinski definition) is 13. The Morgan fingerprint density at radius 3 is 1.73 bits per heavy atom. The molecule has 0 amide bonds. The van der Waals surface area contributed by atoms with Crippen LogP contribution in [0.2, 0.25) is 0 Å². The van der Waals surface area contributed by atoms with Gasteiger partial charge in [-0.25, -0.2) is 0 Å². The molecule has 79 heavy (non-hydrogen) atoms. The molecule has 13 fully saturated rings. The van der Waals surface area contributed by atoms with Crippen molar-refractivity contribution in [3.8, 4) is 0 Å². The lowest BCUT2D eigenvalue weighted by molar-refractivity contribution is -0.237. The van der Waals surface area contributed by atoms with Crippen molar-refractivity contribution in [1.29, 1.82) is 0 Å². The van der Waals surface area contributed by atoms with Gasteiger partial charge in [-0.05, 0) is 168 Å². The van der Waals surface area contributed by atoms with Gasteiger partial charge in [0.2, 0.25) is 6.29 Å². The van der Waals surface area contributed by atoms with Gasteiger partial charge in [-0.1, -0.05) is 115 Å². The van der Waals surface area contributed by atoms with Crippen LogP contribution in [-0.4, -0.2) is 72.3 Å². The Morgan fingerprint density at radius 1 is 0.608 bits per heavy atom. The highest BCUT2D eigenvalue weighted by Crippen LogP contribution is 2.69. The second-order valence-electron chi connectivity index (χ2n) is 28.7. The van der Waals surface area contributed by atoms with Gasteiger partial charge < -0.3 is 28.4 Å². The molecule has 0 N–H and O–H groups in total. The van der Waals surface area contributed by atoms with Crippen LogP contribution < -0.4 is 0 Å². The highest BCUT2D eigenvalue weighted by Gasteiger charge is 2.70. The van der Waals surface area contributed by atoms with Crippen LogP contribution in [0.5, 0.6) is 0 Å². The van der Waals surface area contributed by atoms with E-state index in [4.69, 9.17) is 28.4 Å². The van der Waals surface area contributed by atoms with Crippen LogP contribution >= 0.6 is 0 Å². The monoisotopic (exact) mass is 1110 g/mol. The average Bonchev–Trinajstić information content (AvgIpc) is 4.01. The van der Waals surface area contributed by atoms with Crippen molar-refractivity contribution in [2.24, 2.45) is 109 Å². The molecular formula is C66H114O13. The summed E-state index contributed by atoms with van der Waals surface area (Å²) in [4.78, 5) is 100. The smallest absolute Gasteiger partial charge is 0.318 e. The van der Waals surface area contributed by atoms with E-state index in [1.165, 1.54) is 0 Å². The summed E-state index contributed by atoms with van der Waals surface area (Å²) >= 11 is 0. The van der Waals surface area contributed by atoms with E-state index in [9.17, 15) is 24.0 Å². The lowest BCUT2D eigenvalue weighted by atomic mass is 9.47. The molecule has 456 valence electrons. The largest absolute Gasteiger partial charge is 0.465 e. The number of carbonyl (C=O) groups excluding carboxylic acids is 7. The number of carbonyl (C=O) groups is 7. The normalized spacial score (nSPS) is 40.2. The van der Waals surface area contributed by atoms with Gasteiger partial charge in [0.25, 0.3) is 0 Å². The van der Waals surface area contributed by atoms with E-state index in [0.29, 0.717) is 83.3 Å². The quantitative estimate of drug-likeness (QED) is 0.0913. The molecule has 10 aliphatic carbocycles. The van der Waals surface area contributed by atoms with E-state index in [-0.39, 0.29) is 149 Å². The molecule has 13 heteroatoms. The molecule has 3 saturated heterocycles. The molecule has 0 aromatic heterocycles. The molecule has 10 bridgehead atoms. The zero-order chi connectivity index (χ0) is 50.8. The molecule has 15 atom stereocenters. The zero-order valence-corrected chi connectivity index (χ0v) is 44.3. The predicted octanol–water partition coefficient (Wildman–Crippen LogP) is 14.6. The van der Waals surface area contributed by atoms with Gasteiger partial charge in [-0.3, -0.25) is 33.6 Å². The summed E-state index contributed by atoms with van der Waals surface area (Å²) in [5.74, 6) is -2.72. The summed E-state index contributed by atoms with van der Waals surface area (Å²) in [7, 11) is 0. The molecule has 15 unspecified atom stereocenters. The number of rotatable bonds is 14. The lowest BCUT2D eigenvalue weighted by Crippen LogP contribution is -2.62. The van der Waals surface area contributed by atoms with Crippen LogP contribution in [0.25, 0.3) is 0 Å². The zero-order valence-electron chi connectivity index (χ0n) is 44.3. The van der Waals surface area contributed by atoms with Crippen LogP contribution in [-0.2, 0) is 62.0 Å². The first-order valence-corrected chi connectivity index (χ1v) is 27.9. The highest BCUT2D eigenvalue weighted by molar-refractivity contribution is 5.97. The van der Waals surface area contributed by atoms with Gasteiger partial charge >= 0.3 is 35.8 Å². The van der Waals surface area contributed by atoms with Crippen LogP contribution in [0.15, 0.2) is 0 Å². The number of ketones is 1. The number of fused-ring (bicyclic) bond motifs is 5. The second-order valence-corrected chi connectivity index (χ2v) is 28.7. The summed E-state index contributed by atoms with van der Waals surface area (Å²) in [5, 5.41) is 0. The summed E-state index contributed by atoms with van der Waals surface area (Å²) in [6.07, 6.45) is 10.9. The van der Waals surface area contributed by atoms with E-state index in [1.807, 2.05) is 27.7 Å². The maximum Gasteiger partial charge on any atom is 0.318 e. The number of hydrogen-bond donors (Lipinski definition) is 0. The third-order valence-corrected chi connectivity index (χ3v) is 23.2. The van der Waals surface area contributed by atoms with Crippen molar-refractivity contribution < 1.29 is 62.0 Å². The van der Waals surface area contributed by atoms with Crippen molar-refractivity contribution in [3.05, 3.63) is 0 Å². The standard InChI is InChI=1S/C58H82O13.8CH4/c1-30-37-18-38(39-26-67-46(61)41(37)39)42(30)51(3,4)27-54(9,48(63)71-58-22-33-15-34(23-58)20-56(19-33,29-58)50(65)68-40-13-11-12-14-66-40)52(5,6)28-55(10,53(7,8)43-31(2)45(60)69-47(43)62)49(64)70-57-21-32-16-35(24-57)44(59)36(17-32)25-57;;;;;;;;/h30-43H,11-29H2,1-10H3;8*1H4. The fraction of sp³-hybridized carbons (Fsp3) is 0.894. The van der Waals surface area contributed by atoms with Crippen molar-refractivity contribution in [1.82, 2.24) is 0 Å². The molecule has 13 nitrogen and oxygen atoms in total. The number of Topliss-reactive ketones (excluding diaryl/α,β-unsaturated/α-hetero) is 1. The molecule has 0 aromatic rings. The molecule has 10 saturated carbocycles. The number of esters is 6. The van der Waals surface area contributed by atoms with Gasteiger partial charge in [-0.15, -0.1) is 0 Å². The predicted molar refractivity (Wildman–Crippen MR) is 310 cm³/mol.